The Morgan fingerprint density at radius 1 is 1.06 bits per heavy atom. The van der Waals surface area contributed by atoms with E-state index in [0.29, 0.717) is 0 Å². The van der Waals surface area contributed by atoms with E-state index in [1.807, 2.05) is 25.1 Å². The summed E-state index contributed by atoms with van der Waals surface area (Å²) in [7, 11) is 0. The van der Waals surface area contributed by atoms with Crippen molar-refractivity contribution in [3.8, 4) is 0 Å². The Morgan fingerprint density at radius 3 is 2.33 bits per heavy atom. The molecule has 0 fully saturated rings. The first-order valence-corrected chi connectivity index (χ1v) is 6.29. The lowest BCUT2D eigenvalue weighted by Crippen LogP contribution is -2.29. The molecule has 3 heteroatoms. The van der Waals surface area contributed by atoms with E-state index in [2.05, 4.69) is 36.6 Å². The van der Waals surface area contributed by atoms with Gasteiger partial charge in [-0.15, -0.1) is 0 Å². The predicted molar refractivity (Wildman–Crippen MR) is 76.5 cm³/mol. The first kappa shape index (κ1) is 13.1. The molecule has 0 spiro atoms. The van der Waals surface area contributed by atoms with Crippen molar-refractivity contribution in [2.45, 2.75) is 19.9 Å². The van der Waals surface area contributed by atoms with Crippen molar-refractivity contribution in [3.63, 3.8) is 0 Å². The number of nitrogens with one attached hydrogen (secondary N) is 1. The average Bonchev–Trinajstić information content (AvgIpc) is 2.37. The van der Waals surface area contributed by atoms with Gasteiger partial charge in [0.2, 0.25) is 0 Å². The number of nitrogens with two attached hydrogens (primary N) is 1. The van der Waals surface area contributed by atoms with Crippen LogP contribution in [0.15, 0.2) is 42.5 Å². The molecule has 18 heavy (non-hydrogen) atoms. The largest absolute Gasteiger partial charge is 0.271 e. The fourth-order valence-electron chi connectivity index (χ4n) is 2.06. The Hall–Kier alpha value is -1.35. The van der Waals surface area contributed by atoms with Crippen LogP contribution < -0.4 is 11.3 Å². The summed E-state index contributed by atoms with van der Waals surface area (Å²) < 4.78 is 0. The summed E-state index contributed by atoms with van der Waals surface area (Å²) in [5.74, 6) is 5.70. The summed E-state index contributed by atoms with van der Waals surface area (Å²) in [6.07, 6.45) is 0. The van der Waals surface area contributed by atoms with Gasteiger partial charge in [-0.3, -0.25) is 5.84 Å². The van der Waals surface area contributed by atoms with Crippen LogP contribution in [0.25, 0.3) is 0 Å². The average molecular weight is 261 g/mol. The topological polar surface area (TPSA) is 38.0 Å². The van der Waals surface area contributed by atoms with Gasteiger partial charge in [0, 0.05) is 5.02 Å². The molecule has 0 saturated carbocycles. The van der Waals surface area contributed by atoms with Crippen molar-refractivity contribution in [1.29, 1.82) is 0 Å². The molecule has 0 aromatic heterocycles. The molecule has 1 unspecified atom stereocenters. The maximum Gasteiger partial charge on any atom is 0.0713 e. The molecule has 3 N–H and O–H groups in total. The zero-order chi connectivity index (χ0) is 13.1. The van der Waals surface area contributed by atoms with E-state index in [1.165, 1.54) is 5.56 Å². The van der Waals surface area contributed by atoms with Gasteiger partial charge in [0.05, 0.1) is 6.04 Å². The minimum absolute atomic E-state index is 0.0377. The fourth-order valence-corrected chi connectivity index (χ4v) is 2.24. The smallest absolute Gasteiger partial charge is 0.0713 e. The van der Waals surface area contributed by atoms with Crippen molar-refractivity contribution >= 4 is 11.6 Å². The normalized spacial score (nSPS) is 12.4. The van der Waals surface area contributed by atoms with E-state index in [-0.39, 0.29) is 6.04 Å². The number of aryl methyl sites for hydroxylation is 1. The van der Waals surface area contributed by atoms with Gasteiger partial charge in [-0.25, -0.2) is 5.43 Å². The molecule has 0 aliphatic carbocycles. The fraction of sp³-hybridized carbons (Fsp3) is 0.200. The third kappa shape index (κ3) is 2.56. The van der Waals surface area contributed by atoms with Crippen LogP contribution in [-0.4, -0.2) is 0 Å². The van der Waals surface area contributed by atoms with Crippen molar-refractivity contribution in [2.75, 3.05) is 0 Å². The van der Waals surface area contributed by atoms with Gasteiger partial charge in [-0.2, -0.15) is 0 Å². The summed E-state index contributed by atoms with van der Waals surface area (Å²) in [5, 5.41) is 0.764. The monoisotopic (exact) mass is 260 g/mol. The summed E-state index contributed by atoms with van der Waals surface area (Å²) in [6.45, 7) is 4.08. The second kappa shape index (κ2) is 5.53. The van der Waals surface area contributed by atoms with E-state index in [4.69, 9.17) is 17.4 Å². The van der Waals surface area contributed by atoms with Crippen molar-refractivity contribution in [1.82, 2.24) is 5.43 Å². The van der Waals surface area contributed by atoms with Gasteiger partial charge in [0.1, 0.15) is 0 Å². The number of hydrogen-bond donors (Lipinski definition) is 2. The molecule has 0 heterocycles. The van der Waals surface area contributed by atoms with E-state index in [1.54, 1.807) is 0 Å². The van der Waals surface area contributed by atoms with Gasteiger partial charge in [0.15, 0.2) is 0 Å². The molecule has 2 rings (SSSR count). The lowest BCUT2D eigenvalue weighted by atomic mass is 9.95. The molecule has 2 aromatic carbocycles. The van der Waals surface area contributed by atoms with E-state index in [0.717, 1.165) is 21.7 Å². The Balaban J connectivity index is 2.45. The van der Waals surface area contributed by atoms with Gasteiger partial charge < -0.3 is 0 Å². The lowest BCUT2D eigenvalue weighted by molar-refractivity contribution is 0.633. The quantitative estimate of drug-likeness (QED) is 0.655. The van der Waals surface area contributed by atoms with Crippen LogP contribution in [0.2, 0.25) is 5.02 Å². The summed E-state index contributed by atoms with van der Waals surface area (Å²) in [4.78, 5) is 0. The molecule has 0 aliphatic rings. The predicted octanol–water partition coefficient (Wildman–Crippen LogP) is 3.51. The zero-order valence-corrected chi connectivity index (χ0v) is 11.3. The molecule has 1 atom stereocenters. The lowest BCUT2D eigenvalue weighted by Gasteiger charge is -2.19. The minimum atomic E-state index is -0.0377. The van der Waals surface area contributed by atoms with Crippen LogP contribution in [0.4, 0.5) is 0 Å². The Bertz CT molecular complexity index is 535. The van der Waals surface area contributed by atoms with Crippen LogP contribution in [0.1, 0.15) is 28.3 Å². The Kier molecular flexibility index (Phi) is 4.02. The standard InChI is InChI=1S/C15H17ClN2/c1-10-6-8-12(9-7-10)15(18-17)13-4-3-5-14(16)11(13)2/h3-9,15,18H,17H2,1-2H3. The molecule has 0 bridgehead atoms. The molecule has 2 nitrogen and oxygen atoms in total. The summed E-state index contributed by atoms with van der Waals surface area (Å²) in [5.41, 5.74) is 7.39. The summed E-state index contributed by atoms with van der Waals surface area (Å²) in [6, 6.07) is 14.2. The van der Waals surface area contributed by atoms with Crippen molar-refractivity contribution in [2.24, 2.45) is 5.84 Å². The maximum atomic E-state index is 6.16. The highest BCUT2D eigenvalue weighted by Crippen LogP contribution is 2.28. The molecule has 0 saturated heterocycles. The molecule has 0 amide bonds. The number of hydrogen-bond acceptors (Lipinski definition) is 2. The second-order valence-corrected chi connectivity index (χ2v) is 4.87. The van der Waals surface area contributed by atoms with Gasteiger partial charge in [-0.05, 0) is 36.6 Å². The van der Waals surface area contributed by atoms with Crippen molar-refractivity contribution < 1.29 is 0 Å². The molecular formula is C15H17ClN2. The number of rotatable bonds is 3. The first-order valence-electron chi connectivity index (χ1n) is 5.91. The second-order valence-electron chi connectivity index (χ2n) is 4.46. The molecule has 0 aliphatic heterocycles. The first-order chi connectivity index (χ1) is 8.63. The van der Waals surface area contributed by atoms with E-state index >= 15 is 0 Å². The van der Waals surface area contributed by atoms with Crippen LogP contribution >= 0.6 is 11.6 Å². The van der Waals surface area contributed by atoms with Crippen LogP contribution in [-0.2, 0) is 0 Å². The summed E-state index contributed by atoms with van der Waals surface area (Å²) >= 11 is 6.16. The molecular weight excluding hydrogens is 244 g/mol. The third-order valence-electron chi connectivity index (χ3n) is 3.20. The Labute approximate surface area is 113 Å². The molecule has 94 valence electrons. The SMILES string of the molecule is Cc1ccc(C(NN)c2cccc(Cl)c2C)cc1. The highest BCUT2D eigenvalue weighted by molar-refractivity contribution is 6.31. The van der Waals surface area contributed by atoms with Gasteiger partial charge in [-0.1, -0.05) is 53.6 Å². The number of benzene rings is 2. The van der Waals surface area contributed by atoms with Crippen LogP contribution in [0.5, 0.6) is 0 Å². The maximum absolute atomic E-state index is 6.16. The highest BCUT2D eigenvalue weighted by atomic mass is 35.5. The molecule has 2 aromatic rings. The van der Waals surface area contributed by atoms with E-state index < -0.39 is 0 Å². The highest BCUT2D eigenvalue weighted by Gasteiger charge is 2.15. The van der Waals surface area contributed by atoms with Gasteiger partial charge >= 0.3 is 0 Å². The zero-order valence-electron chi connectivity index (χ0n) is 10.6. The third-order valence-corrected chi connectivity index (χ3v) is 3.61. The number of halogens is 1. The minimum Gasteiger partial charge on any atom is -0.271 e. The molecule has 0 radical (unpaired) electrons. The Morgan fingerprint density at radius 2 is 1.72 bits per heavy atom. The van der Waals surface area contributed by atoms with Crippen molar-refractivity contribution in [3.05, 3.63) is 69.7 Å². The van der Waals surface area contributed by atoms with E-state index in [9.17, 15) is 0 Å². The van der Waals surface area contributed by atoms with Gasteiger partial charge in [0.25, 0.3) is 0 Å². The van der Waals surface area contributed by atoms with Crippen LogP contribution in [0, 0.1) is 13.8 Å². The number of hydrazine groups is 1. The van der Waals surface area contributed by atoms with Crippen LogP contribution in [0.3, 0.4) is 0 Å².